The predicted octanol–water partition coefficient (Wildman–Crippen LogP) is 6.60. The minimum Gasteiger partial charge on any atom is -0.484 e. The zero-order valence-electron chi connectivity index (χ0n) is 19.2. The van der Waals surface area contributed by atoms with Gasteiger partial charge in [0.1, 0.15) is 17.7 Å². The molecule has 0 aliphatic heterocycles. The Labute approximate surface area is 206 Å². The van der Waals surface area contributed by atoms with E-state index in [1.165, 1.54) is 19.1 Å². The van der Waals surface area contributed by atoms with Gasteiger partial charge in [0.25, 0.3) is 0 Å². The number of aryl methyl sites for hydroxylation is 2. The summed E-state index contributed by atoms with van der Waals surface area (Å²) in [5.74, 6) is -1.99. The number of rotatable bonds is 6. The van der Waals surface area contributed by atoms with Gasteiger partial charge in [0.05, 0.1) is 23.4 Å². The van der Waals surface area contributed by atoms with Gasteiger partial charge in [-0.1, -0.05) is 31.2 Å². The molecule has 0 spiro atoms. The third kappa shape index (κ3) is 5.67. The fourth-order valence-corrected chi connectivity index (χ4v) is 3.96. The maximum absolute atomic E-state index is 13.3. The van der Waals surface area contributed by atoms with Crippen LogP contribution < -0.4 is 10.1 Å². The molecule has 9 heteroatoms. The number of benzene rings is 3. The summed E-state index contributed by atoms with van der Waals surface area (Å²) >= 11 is 0. The highest BCUT2D eigenvalue weighted by Crippen LogP contribution is 2.31. The minimum atomic E-state index is -5.00. The molecule has 0 saturated carbocycles. The number of ether oxygens (including phenoxy) is 1. The Morgan fingerprint density at radius 2 is 1.72 bits per heavy atom. The van der Waals surface area contributed by atoms with E-state index in [4.69, 9.17) is 4.74 Å². The molecule has 4 rings (SSSR count). The van der Waals surface area contributed by atoms with E-state index >= 15 is 0 Å². The molecule has 1 heterocycles. The van der Waals surface area contributed by atoms with Crippen molar-refractivity contribution in [3.05, 3.63) is 89.4 Å². The first kappa shape index (κ1) is 26.7. The Kier molecular flexibility index (Phi) is 7.71. The molecular formula is C27H27F4N3O2. The summed E-state index contributed by atoms with van der Waals surface area (Å²) < 4.78 is 59.8. The van der Waals surface area contributed by atoms with Gasteiger partial charge in [-0.05, 0) is 74.4 Å². The first-order valence-electron chi connectivity index (χ1n) is 10.9. The monoisotopic (exact) mass is 501 g/mol. The Hall–Kier alpha value is -3.88. The number of hydrogen-bond acceptors (Lipinski definition) is 3. The number of halogens is 4. The van der Waals surface area contributed by atoms with E-state index in [1.807, 2.05) is 31.3 Å². The zero-order chi connectivity index (χ0) is 25.3. The lowest BCUT2D eigenvalue weighted by Crippen LogP contribution is -2.45. The topological polar surface area (TPSA) is 56.1 Å². The number of aromatic nitrogens is 2. The van der Waals surface area contributed by atoms with Crippen LogP contribution in [0.1, 0.15) is 37.1 Å². The Balaban J connectivity index is 0.00000361. The van der Waals surface area contributed by atoms with Gasteiger partial charge in [0.15, 0.2) is 0 Å². The fourth-order valence-electron chi connectivity index (χ4n) is 3.96. The Bertz CT molecular complexity index is 1360. The third-order valence-electron chi connectivity index (χ3n) is 5.68. The summed E-state index contributed by atoms with van der Waals surface area (Å²) in [4.78, 5) is 11.6. The van der Waals surface area contributed by atoms with Crippen molar-refractivity contribution in [3.8, 4) is 11.4 Å². The quantitative estimate of drug-likeness (QED) is 0.303. The molecule has 1 amide bonds. The van der Waals surface area contributed by atoms with Crippen molar-refractivity contribution in [1.29, 1.82) is 0 Å². The van der Waals surface area contributed by atoms with E-state index in [-0.39, 0.29) is 13.2 Å². The summed E-state index contributed by atoms with van der Waals surface area (Å²) in [5.41, 5.74) is 3.89. The molecule has 2 atom stereocenters. The molecular weight excluding hydrogens is 474 g/mol. The van der Waals surface area contributed by atoms with E-state index in [0.29, 0.717) is 17.0 Å². The minimum absolute atomic E-state index is 0. The maximum atomic E-state index is 13.3. The van der Waals surface area contributed by atoms with Crippen molar-refractivity contribution >= 4 is 16.8 Å². The summed E-state index contributed by atoms with van der Waals surface area (Å²) in [7, 11) is 0. The van der Waals surface area contributed by atoms with E-state index in [9.17, 15) is 22.4 Å². The summed E-state index contributed by atoms with van der Waals surface area (Å²) in [6.45, 7) is 5.22. The number of nitrogens with one attached hydrogen (secondary N) is 1. The normalized spacial score (nSPS) is 13.1. The van der Waals surface area contributed by atoms with E-state index in [0.717, 1.165) is 22.0 Å². The molecule has 0 bridgehead atoms. The standard InChI is InChI=1S/C26H23F4N3O2.CH4/c1-15-4-10-22(16(2)12-15)24(17(3)32-25(34)26(28,29)30)35-21-9-11-23-18(13-21)14-31-33(23)20-7-5-19(27)6-8-20;/h4-14,17,24H,1-3H3,(H,32,34);1H4/t17-,24-;/m0./s1. The number of amides is 1. The number of alkyl halides is 3. The second-order valence-electron chi connectivity index (χ2n) is 8.41. The molecule has 0 saturated heterocycles. The molecule has 5 nitrogen and oxygen atoms in total. The Morgan fingerprint density at radius 3 is 2.36 bits per heavy atom. The molecule has 190 valence electrons. The van der Waals surface area contributed by atoms with Gasteiger partial charge < -0.3 is 10.1 Å². The predicted molar refractivity (Wildman–Crippen MR) is 131 cm³/mol. The van der Waals surface area contributed by atoms with Crippen LogP contribution in [0.15, 0.2) is 66.9 Å². The van der Waals surface area contributed by atoms with Gasteiger partial charge in [-0.25, -0.2) is 9.07 Å². The number of fused-ring (bicyclic) bond motifs is 1. The van der Waals surface area contributed by atoms with Crippen LogP contribution in [0.2, 0.25) is 0 Å². The smallest absolute Gasteiger partial charge is 0.471 e. The molecule has 1 N–H and O–H groups in total. The lowest BCUT2D eigenvalue weighted by molar-refractivity contribution is -0.174. The summed E-state index contributed by atoms with van der Waals surface area (Å²) in [6.07, 6.45) is -4.27. The third-order valence-corrected chi connectivity index (χ3v) is 5.68. The van der Waals surface area contributed by atoms with Crippen LogP contribution in [0.3, 0.4) is 0 Å². The van der Waals surface area contributed by atoms with Crippen molar-refractivity contribution in [3.63, 3.8) is 0 Å². The van der Waals surface area contributed by atoms with Crippen LogP contribution in [0.5, 0.6) is 5.75 Å². The van der Waals surface area contributed by atoms with Gasteiger partial charge in [-0.15, -0.1) is 0 Å². The van der Waals surface area contributed by atoms with Crippen LogP contribution in [-0.2, 0) is 4.79 Å². The van der Waals surface area contributed by atoms with Gasteiger partial charge in [-0.3, -0.25) is 4.79 Å². The fraction of sp³-hybridized carbons (Fsp3) is 0.259. The first-order valence-corrected chi connectivity index (χ1v) is 10.9. The number of carbonyl (C=O) groups excluding carboxylic acids is 1. The summed E-state index contributed by atoms with van der Waals surface area (Å²) in [6, 6.07) is 15.6. The van der Waals surface area contributed by atoms with Crippen LogP contribution in [0.4, 0.5) is 17.6 Å². The molecule has 0 aliphatic carbocycles. The maximum Gasteiger partial charge on any atom is 0.471 e. The lowest BCUT2D eigenvalue weighted by Gasteiger charge is -2.28. The van der Waals surface area contributed by atoms with E-state index < -0.39 is 24.2 Å². The van der Waals surface area contributed by atoms with Crippen LogP contribution >= 0.6 is 0 Å². The van der Waals surface area contributed by atoms with Crippen molar-refractivity contribution < 1.29 is 27.1 Å². The first-order chi connectivity index (χ1) is 16.5. The number of nitrogens with zero attached hydrogens (tertiary/aromatic N) is 2. The molecule has 36 heavy (non-hydrogen) atoms. The van der Waals surface area contributed by atoms with Crippen molar-refractivity contribution in [2.24, 2.45) is 0 Å². The van der Waals surface area contributed by atoms with Gasteiger partial charge in [-0.2, -0.15) is 18.3 Å². The second-order valence-corrected chi connectivity index (χ2v) is 8.41. The van der Waals surface area contributed by atoms with Gasteiger partial charge in [0, 0.05) is 5.39 Å². The summed E-state index contributed by atoms with van der Waals surface area (Å²) in [5, 5.41) is 7.09. The highest BCUT2D eigenvalue weighted by Gasteiger charge is 2.40. The largest absolute Gasteiger partial charge is 0.484 e. The zero-order valence-corrected chi connectivity index (χ0v) is 19.2. The van der Waals surface area contributed by atoms with E-state index in [1.54, 1.807) is 47.3 Å². The molecule has 3 aromatic carbocycles. The number of carbonyl (C=O) groups is 1. The van der Waals surface area contributed by atoms with Crippen molar-refractivity contribution in [2.45, 2.75) is 46.5 Å². The molecule has 0 radical (unpaired) electrons. The lowest BCUT2D eigenvalue weighted by atomic mass is 9.96. The Morgan fingerprint density at radius 1 is 1.03 bits per heavy atom. The van der Waals surface area contributed by atoms with Crippen LogP contribution in [0.25, 0.3) is 16.6 Å². The highest BCUT2D eigenvalue weighted by molar-refractivity contribution is 5.82. The van der Waals surface area contributed by atoms with Gasteiger partial charge >= 0.3 is 12.1 Å². The molecule has 0 unspecified atom stereocenters. The van der Waals surface area contributed by atoms with Crippen LogP contribution in [-0.4, -0.2) is 27.9 Å². The average Bonchev–Trinajstić information content (AvgIpc) is 3.21. The SMILES string of the molecule is C.Cc1ccc([C@@H](Oc2ccc3c(cnn3-c3ccc(F)cc3)c2)[C@H](C)NC(=O)C(F)(F)F)c(C)c1. The van der Waals surface area contributed by atoms with E-state index in [2.05, 4.69) is 5.10 Å². The average molecular weight is 502 g/mol. The molecule has 0 fully saturated rings. The highest BCUT2D eigenvalue weighted by atomic mass is 19.4. The second kappa shape index (κ2) is 10.4. The number of hydrogen-bond donors (Lipinski definition) is 1. The van der Waals surface area contributed by atoms with Crippen molar-refractivity contribution in [2.75, 3.05) is 0 Å². The molecule has 4 aromatic rings. The van der Waals surface area contributed by atoms with Crippen LogP contribution in [0, 0.1) is 19.7 Å². The molecule has 0 aliphatic rings. The molecule has 1 aromatic heterocycles. The van der Waals surface area contributed by atoms with Crippen molar-refractivity contribution in [1.82, 2.24) is 15.1 Å². The van der Waals surface area contributed by atoms with Gasteiger partial charge in [0.2, 0.25) is 0 Å².